The minimum atomic E-state index is -3.54. The first kappa shape index (κ1) is 12.0. The summed E-state index contributed by atoms with van der Waals surface area (Å²) < 4.78 is 25.5. The van der Waals surface area contributed by atoms with E-state index in [0.717, 1.165) is 0 Å². The number of rotatable bonds is 4. The molecule has 1 aromatic carbocycles. The van der Waals surface area contributed by atoms with Crippen molar-refractivity contribution < 1.29 is 8.42 Å². The van der Waals surface area contributed by atoms with E-state index in [9.17, 15) is 8.42 Å². The first-order valence-corrected chi connectivity index (χ1v) is 6.18. The molecule has 0 saturated carbocycles. The molecule has 6 heteroatoms. The Kier molecular flexibility index (Phi) is 4.09. The Bertz CT molecular complexity index is 479. The maximum Gasteiger partial charge on any atom is 0.240 e. The number of benzene rings is 1. The topological polar surface area (TPSA) is 70.0 Å². The molecule has 0 unspecified atom stereocenters. The second-order valence-corrected chi connectivity index (χ2v) is 4.87. The number of hydrogen-bond donors (Lipinski definition) is 1. The first-order valence-electron chi connectivity index (χ1n) is 4.16. The number of alkyl halides is 1. The summed E-state index contributed by atoms with van der Waals surface area (Å²) in [5, 5.41) is 8.62. The van der Waals surface area contributed by atoms with E-state index in [-0.39, 0.29) is 17.3 Å². The summed E-state index contributed by atoms with van der Waals surface area (Å²) in [6.07, 6.45) is 0. The molecule has 0 fully saturated rings. The van der Waals surface area contributed by atoms with Crippen LogP contribution in [0.4, 0.5) is 0 Å². The Morgan fingerprint density at radius 3 is 2.80 bits per heavy atom. The zero-order valence-corrected chi connectivity index (χ0v) is 9.35. The summed E-state index contributed by atoms with van der Waals surface area (Å²) in [6, 6.07) is 7.69. The fraction of sp³-hybridized carbons (Fsp3) is 0.222. The average Bonchev–Trinajstić information content (AvgIpc) is 2.26. The standard InChI is InChI=1S/C9H9ClN2O2S/c10-4-5-12-15(13,14)9-3-1-2-8(6-9)7-11/h1-3,6,12H,4-5H2. The summed E-state index contributed by atoms with van der Waals surface area (Å²) in [6.45, 7) is 0.167. The second kappa shape index (κ2) is 5.12. The molecule has 0 amide bonds. The Morgan fingerprint density at radius 2 is 2.20 bits per heavy atom. The maximum absolute atomic E-state index is 11.6. The van der Waals surface area contributed by atoms with E-state index in [2.05, 4.69) is 4.72 Å². The third-order valence-corrected chi connectivity index (χ3v) is 3.31. The second-order valence-electron chi connectivity index (χ2n) is 2.73. The van der Waals surface area contributed by atoms with E-state index in [4.69, 9.17) is 16.9 Å². The summed E-state index contributed by atoms with van der Waals surface area (Å²) in [5.74, 6) is 0.206. The lowest BCUT2D eigenvalue weighted by Gasteiger charge is -2.04. The van der Waals surface area contributed by atoms with Crippen LogP contribution in [0.2, 0.25) is 0 Å². The summed E-state index contributed by atoms with van der Waals surface area (Å²) >= 11 is 5.37. The van der Waals surface area contributed by atoms with Gasteiger partial charge in [-0.15, -0.1) is 11.6 Å². The lowest BCUT2D eigenvalue weighted by molar-refractivity contribution is 0.584. The molecule has 0 saturated heterocycles. The number of nitrogens with one attached hydrogen (secondary N) is 1. The highest BCUT2D eigenvalue weighted by Gasteiger charge is 2.12. The predicted octanol–water partition coefficient (Wildman–Crippen LogP) is 1.08. The molecule has 0 aliphatic rings. The highest BCUT2D eigenvalue weighted by atomic mass is 35.5. The first-order chi connectivity index (χ1) is 7.10. The van der Waals surface area contributed by atoms with Gasteiger partial charge in [-0.25, -0.2) is 13.1 Å². The van der Waals surface area contributed by atoms with Crippen LogP contribution in [0.5, 0.6) is 0 Å². The summed E-state index contributed by atoms with van der Waals surface area (Å²) in [4.78, 5) is 0.0756. The van der Waals surface area contributed by atoms with Gasteiger partial charge in [0.1, 0.15) is 0 Å². The van der Waals surface area contributed by atoms with Crippen molar-refractivity contribution in [1.29, 1.82) is 5.26 Å². The van der Waals surface area contributed by atoms with Crippen LogP contribution in [0.15, 0.2) is 29.2 Å². The van der Waals surface area contributed by atoms with Gasteiger partial charge in [0.25, 0.3) is 0 Å². The molecule has 1 rings (SSSR count). The van der Waals surface area contributed by atoms with Crippen LogP contribution < -0.4 is 4.72 Å². The van der Waals surface area contributed by atoms with Gasteiger partial charge >= 0.3 is 0 Å². The zero-order valence-electron chi connectivity index (χ0n) is 7.77. The van der Waals surface area contributed by atoms with Crippen LogP contribution in [0.3, 0.4) is 0 Å². The highest BCUT2D eigenvalue weighted by Crippen LogP contribution is 2.10. The van der Waals surface area contributed by atoms with Crippen LogP contribution in [0, 0.1) is 11.3 Å². The van der Waals surface area contributed by atoms with Gasteiger partial charge in [-0.3, -0.25) is 0 Å². The van der Waals surface area contributed by atoms with Crippen molar-refractivity contribution >= 4 is 21.6 Å². The lowest BCUT2D eigenvalue weighted by atomic mass is 10.2. The van der Waals surface area contributed by atoms with Crippen LogP contribution in [-0.4, -0.2) is 20.8 Å². The quantitative estimate of drug-likeness (QED) is 0.806. The smallest absolute Gasteiger partial charge is 0.210 e. The average molecular weight is 245 g/mol. The van der Waals surface area contributed by atoms with Crippen LogP contribution in [0.1, 0.15) is 5.56 Å². The van der Waals surface area contributed by atoms with Gasteiger partial charge in [-0.1, -0.05) is 6.07 Å². The molecular weight excluding hydrogens is 236 g/mol. The van der Waals surface area contributed by atoms with E-state index >= 15 is 0 Å². The molecule has 1 aromatic rings. The van der Waals surface area contributed by atoms with Gasteiger partial charge in [0.05, 0.1) is 16.5 Å². The van der Waals surface area contributed by atoms with E-state index in [1.54, 1.807) is 6.07 Å². The minimum Gasteiger partial charge on any atom is -0.210 e. The number of nitriles is 1. The highest BCUT2D eigenvalue weighted by molar-refractivity contribution is 7.89. The van der Waals surface area contributed by atoms with Crippen molar-refractivity contribution in [3.63, 3.8) is 0 Å². The fourth-order valence-electron chi connectivity index (χ4n) is 0.989. The van der Waals surface area contributed by atoms with Crippen molar-refractivity contribution in [2.45, 2.75) is 4.90 Å². The number of sulfonamides is 1. The molecule has 4 nitrogen and oxygen atoms in total. The Balaban J connectivity index is 3.01. The Morgan fingerprint density at radius 1 is 1.47 bits per heavy atom. The number of halogens is 1. The van der Waals surface area contributed by atoms with Gasteiger partial charge in [0, 0.05) is 12.4 Å². The van der Waals surface area contributed by atoms with Gasteiger partial charge < -0.3 is 0 Å². The molecule has 0 spiro atoms. The molecule has 80 valence electrons. The molecular formula is C9H9ClN2O2S. The monoisotopic (exact) mass is 244 g/mol. The fourth-order valence-corrected chi connectivity index (χ4v) is 2.27. The minimum absolute atomic E-state index is 0.0756. The van der Waals surface area contributed by atoms with E-state index in [1.165, 1.54) is 18.2 Å². The summed E-state index contributed by atoms with van der Waals surface area (Å²) in [5.41, 5.74) is 0.309. The van der Waals surface area contributed by atoms with Crippen LogP contribution >= 0.6 is 11.6 Å². The molecule has 0 aromatic heterocycles. The maximum atomic E-state index is 11.6. The molecule has 0 aliphatic carbocycles. The lowest BCUT2D eigenvalue weighted by Crippen LogP contribution is -2.25. The zero-order chi connectivity index (χ0) is 11.3. The predicted molar refractivity (Wildman–Crippen MR) is 57.1 cm³/mol. The van der Waals surface area contributed by atoms with Gasteiger partial charge in [0.2, 0.25) is 10.0 Å². The molecule has 0 aliphatic heterocycles. The van der Waals surface area contributed by atoms with Crippen LogP contribution in [0.25, 0.3) is 0 Å². The largest absolute Gasteiger partial charge is 0.240 e. The van der Waals surface area contributed by atoms with Gasteiger partial charge in [-0.2, -0.15) is 5.26 Å². The van der Waals surface area contributed by atoms with Gasteiger partial charge in [-0.05, 0) is 18.2 Å². The molecule has 15 heavy (non-hydrogen) atoms. The van der Waals surface area contributed by atoms with E-state index < -0.39 is 10.0 Å². The molecule has 0 heterocycles. The number of nitrogens with zero attached hydrogens (tertiary/aromatic N) is 1. The van der Waals surface area contributed by atoms with Crippen molar-refractivity contribution in [3.05, 3.63) is 29.8 Å². The normalized spacial score (nSPS) is 10.9. The number of hydrogen-bond acceptors (Lipinski definition) is 3. The molecule has 0 bridgehead atoms. The Hall–Kier alpha value is -1.09. The van der Waals surface area contributed by atoms with Crippen molar-refractivity contribution in [2.24, 2.45) is 0 Å². The van der Waals surface area contributed by atoms with E-state index in [0.29, 0.717) is 5.56 Å². The SMILES string of the molecule is N#Cc1cccc(S(=O)(=O)NCCCl)c1. The van der Waals surface area contributed by atoms with Crippen molar-refractivity contribution in [1.82, 2.24) is 4.72 Å². The van der Waals surface area contributed by atoms with E-state index in [1.807, 2.05) is 6.07 Å². The van der Waals surface area contributed by atoms with Crippen molar-refractivity contribution in [3.8, 4) is 6.07 Å². The third-order valence-electron chi connectivity index (χ3n) is 1.66. The molecule has 1 N–H and O–H groups in total. The van der Waals surface area contributed by atoms with Crippen molar-refractivity contribution in [2.75, 3.05) is 12.4 Å². The summed E-state index contributed by atoms with van der Waals surface area (Å²) in [7, 11) is -3.54. The van der Waals surface area contributed by atoms with Gasteiger partial charge in [0.15, 0.2) is 0 Å². The molecule has 0 radical (unpaired) electrons. The van der Waals surface area contributed by atoms with Crippen LogP contribution in [-0.2, 0) is 10.0 Å². The Labute approximate surface area is 93.5 Å². The molecule has 0 atom stereocenters. The third kappa shape index (κ3) is 3.20.